The molecule has 3 aromatic rings. The molecule has 0 atom stereocenters. The topological polar surface area (TPSA) is 69.7 Å². The molecule has 6 nitrogen and oxygen atoms in total. The number of aromatic nitrogens is 2. The predicted molar refractivity (Wildman–Crippen MR) is 78.4 cm³/mol. The van der Waals surface area contributed by atoms with Gasteiger partial charge in [-0.25, -0.2) is 0 Å². The van der Waals surface area contributed by atoms with Gasteiger partial charge < -0.3 is 14.9 Å². The summed E-state index contributed by atoms with van der Waals surface area (Å²) < 4.78 is 83.3. The monoisotopic (exact) mass is 391 g/mol. The van der Waals surface area contributed by atoms with E-state index in [4.69, 9.17) is 4.74 Å². The lowest BCUT2D eigenvalue weighted by atomic mass is 10.1. The summed E-state index contributed by atoms with van der Waals surface area (Å²) in [6.45, 7) is 0. The van der Waals surface area contributed by atoms with Crippen molar-refractivity contribution in [2.45, 2.75) is 12.4 Å². The van der Waals surface area contributed by atoms with E-state index < -0.39 is 45.9 Å². The molecule has 27 heavy (non-hydrogen) atoms. The van der Waals surface area contributed by atoms with Crippen molar-refractivity contribution in [2.75, 3.05) is 0 Å². The van der Waals surface area contributed by atoms with E-state index in [0.29, 0.717) is 12.1 Å². The molecule has 0 unspecified atom stereocenters. The minimum absolute atomic E-state index is 0.0298. The van der Waals surface area contributed by atoms with Crippen LogP contribution in [0.5, 0.6) is 11.6 Å². The number of hydrogen-bond donors (Lipinski definition) is 0. The largest absolute Gasteiger partial charge is 0.432 e. The second-order valence-corrected chi connectivity index (χ2v) is 5.27. The van der Waals surface area contributed by atoms with Crippen LogP contribution in [-0.4, -0.2) is 14.3 Å². The fourth-order valence-electron chi connectivity index (χ4n) is 2.29. The number of ether oxygens (including phenoxy) is 1. The molecule has 0 saturated heterocycles. The predicted octanol–water partition coefficient (Wildman–Crippen LogP) is 5.07. The van der Waals surface area contributed by atoms with Crippen LogP contribution in [0.1, 0.15) is 11.1 Å². The average Bonchev–Trinajstić information content (AvgIpc) is 2.90. The third-order valence-electron chi connectivity index (χ3n) is 3.42. The number of fused-ring (bicyclic) bond motifs is 1. The zero-order valence-corrected chi connectivity index (χ0v) is 12.9. The Hall–Kier alpha value is -3.31. The van der Waals surface area contributed by atoms with Crippen molar-refractivity contribution >= 4 is 11.5 Å². The maximum absolute atomic E-state index is 12.9. The third-order valence-corrected chi connectivity index (χ3v) is 3.42. The quantitative estimate of drug-likeness (QED) is 0.355. The molecule has 0 amide bonds. The van der Waals surface area contributed by atoms with Crippen molar-refractivity contribution in [1.82, 2.24) is 9.38 Å². The zero-order valence-electron chi connectivity index (χ0n) is 12.9. The first kappa shape index (κ1) is 18.5. The van der Waals surface area contributed by atoms with E-state index in [1.807, 2.05) is 0 Å². The molecule has 2 aromatic heterocycles. The summed E-state index contributed by atoms with van der Waals surface area (Å²) in [7, 11) is 0. The highest BCUT2D eigenvalue weighted by Crippen LogP contribution is 2.40. The Labute approximate surface area is 145 Å². The molecule has 0 aliphatic carbocycles. The lowest BCUT2D eigenvalue weighted by molar-refractivity contribution is -0.391. The molecule has 0 aliphatic rings. The Kier molecular flexibility index (Phi) is 4.20. The van der Waals surface area contributed by atoms with Gasteiger partial charge in [-0.3, -0.25) is 0 Å². The molecule has 0 N–H and O–H groups in total. The van der Waals surface area contributed by atoms with Gasteiger partial charge in [-0.1, -0.05) is 6.07 Å². The number of halogens is 6. The number of alkyl halides is 6. The lowest BCUT2D eigenvalue weighted by Gasteiger charge is -2.13. The zero-order chi connectivity index (χ0) is 20.0. The summed E-state index contributed by atoms with van der Waals surface area (Å²) >= 11 is 0. The number of rotatable bonds is 3. The van der Waals surface area contributed by atoms with E-state index in [1.54, 1.807) is 0 Å². The highest BCUT2D eigenvalue weighted by atomic mass is 19.4. The van der Waals surface area contributed by atoms with Crippen LogP contribution in [0, 0.1) is 10.1 Å². The van der Waals surface area contributed by atoms with Crippen LogP contribution in [0.15, 0.2) is 42.6 Å². The summed E-state index contributed by atoms with van der Waals surface area (Å²) in [5.74, 6) is -2.36. The molecular weight excluding hydrogens is 384 g/mol. The summed E-state index contributed by atoms with van der Waals surface area (Å²) in [6, 6.07) is 4.81. The van der Waals surface area contributed by atoms with E-state index in [0.717, 1.165) is 4.40 Å². The van der Waals surface area contributed by atoms with Gasteiger partial charge in [-0.2, -0.15) is 35.7 Å². The molecule has 0 aliphatic heterocycles. The van der Waals surface area contributed by atoms with Crippen LogP contribution in [-0.2, 0) is 12.4 Å². The Morgan fingerprint density at radius 2 is 1.59 bits per heavy atom. The van der Waals surface area contributed by atoms with E-state index >= 15 is 0 Å². The molecule has 0 fully saturated rings. The smallest absolute Gasteiger partial charge is 0.416 e. The molecule has 0 bridgehead atoms. The summed E-state index contributed by atoms with van der Waals surface area (Å²) in [5, 5.41) is 11.2. The Morgan fingerprint density at radius 1 is 1.00 bits per heavy atom. The van der Waals surface area contributed by atoms with Crippen LogP contribution in [0.25, 0.3) is 5.65 Å². The molecule has 3 rings (SSSR count). The molecule has 12 heteroatoms. The normalized spacial score (nSPS) is 12.4. The van der Waals surface area contributed by atoms with Crippen LogP contribution in [0.3, 0.4) is 0 Å². The number of nitrogens with zero attached hydrogens (tertiary/aromatic N) is 3. The molecule has 142 valence electrons. The average molecular weight is 391 g/mol. The Balaban J connectivity index is 2.14. The van der Waals surface area contributed by atoms with Gasteiger partial charge in [0.2, 0.25) is 5.65 Å². The van der Waals surface area contributed by atoms with Crippen LogP contribution >= 0.6 is 0 Å². The Morgan fingerprint density at radius 3 is 2.11 bits per heavy atom. The maximum atomic E-state index is 12.9. The second-order valence-electron chi connectivity index (χ2n) is 5.27. The first-order valence-corrected chi connectivity index (χ1v) is 7.05. The highest BCUT2D eigenvalue weighted by Gasteiger charge is 2.37. The minimum Gasteiger partial charge on any atom is -0.432 e. The van der Waals surface area contributed by atoms with Crippen molar-refractivity contribution in [1.29, 1.82) is 0 Å². The van der Waals surface area contributed by atoms with Gasteiger partial charge in [-0.15, -0.1) is 0 Å². The third kappa shape index (κ3) is 3.64. The second kappa shape index (κ2) is 6.14. The van der Waals surface area contributed by atoms with Gasteiger partial charge in [0.05, 0.1) is 17.3 Å². The first-order valence-electron chi connectivity index (χ1n) is 7.05. The number of hydrogen-bond acceptors (Lipinski definition) is 4. The van der Waals surface area contributed by atoms with Gasteiger partial charge in [0.1, 0.15) is 5.75 Å². The standard InChI is InChI=1S/C15H7F6N3O3/c16-14(17,18)8-5-9(15(19,20)21)7-10(6-8)27-12-13(24(25)26)23-4-2-1-3-11(23)22-12/h1-7H. The fraction of sp³-hybridized carbons (Fsp3) is 0.133. The van der Waals surface area contributed by atoms with Crippen LogP contribution < -0.4 is 4.74 Å². The van der Waals surface area contributed by atoms with Crippen molar-refractivity contribution in [3.63, 3.8) is 0 Å². The van der Waals surface area contributed by atoms with E-state index in [9.17, 15) is 36.5 Å². The van der Waals surface area contributed by atoms with E-state index in [2.05, 4.69) is 4.98 Å². The van der Waals surface area contributed by atoms with Crippen molar-refractivity contribution in [3.05, 3.63) is 63.8 Å². The number of pyridine rings is 1. The minimum atomic E-state index is -5.08. The fourth-order valence-corrected chi connectivity index (χ4v) is 2.29. The Bertz CT molecular complexity index is 994. The van der Waals surface area contributed by atoms with E-state index in [1.165, 1.54) is 24.4 Å². The molecule has 1 aromatic carbocycles. The van der Waals surface area contributed by atoms with Crippen molar-refractivity contribution in [3.8, 4) is 11.6 Å². The summed E-state index contributed by atoms with van der Waals surface area (Å²) in [6.07, 6.45) is -8.91. The van der Waals surface area contributed by atoms with Crippen LogP contribution in [0.4, 0.5) is 32.2 Å². The van der Waals surface area contributed by atoms with Gasteiger partial charge in [0.25, 0.3) is 0 Å². The van der Waals surface area contributed by atoms with Crippen molar-refractivity contribution < 1.29 is 36.0 Å². The van der Waals surface area contributed by atoms with E-state index in [-0.39, 0.29) is 11.7 Å². The number of nitro groups is 1. The summed E-state index contributed by atoms with van der Waals surface area (Å²) in [4.78, 5) is 14.1. The van der Waals surface area contributed by atoms with Gasteiger partial charge in [0.15, 0.2) is 0 Å². The highest BCUT2D eigenvalue weighted by molar-refractivity contribution is 5.53. The SMILES string of the molecule is O=[N+]([O-])c1c(Oc2cc(C(F)(F)F)cc(C(F)(F)F)c2)nc2ccccn12. The molecule has 0 saturated carbocycles. The molecular formula is C15H7F6N3O3. The first-order chi connectivity index (χ1) is 12.5. The van der Waals surface area contributed by atoms with Gasteiger partial charge >= 0.3 is 24.1 Å². The molecule has 0 radical (unpaired) electrons. The summed E-state index contributed by atoms with van der Waals surface area (Å²) in [5.41, 5.74) is -3.19. The van der Waals surface area contributed by atoms with Crippen molar-refractivity contribution in [2.24, 2.45) is 0 Å². The molecule has 0 spiro atoms. The van der Waals surface area contributed by atoms with Gasteiger partial charge in [-0.05, 0) is 29.2 Å². The van der Waals surface area contributed by atoms with Gasteiger partial charge in [0, 0.05) is 6.07 Å². The molecule has 2 heterocycles. The number of imidazole rings is 1. The number of benzene rings is 1. The van der Waals surface area contributed by atoms with Crippen LogP contribution in [0.2, 0.25) is 0 Å². The lowest BCUT2D eigenvalue weighted by Crippen LogP contribution is -2.11. The maximum Gasteiger partial charge on any atom is 0.416 e.